The van der Waals surface area contributed by atoms with Crippen LogP contribution >= 0.6 is 0 Å². The first kappa shape index (κ1) is 17.7. The Morgan fingerprint density at radius 1 is 0.960 bits per heavy atom. The summed E-state index contributed by atoms with van der Waals surface area (Å²) in [6.07, 6.45) is 3.98. The van der Waals surface area contributed by atoms with Crippen molar-refractivity contribution < 1.29 is 4.79 Å². The Labute approximate surface area is 151 Å². The van der Waals surface area contributed by atoms with Crippen LogP contribution in [0.25, 0.3) is 0 Å². The fourth-order valence-corrected chi connectivity index (χ4v) is 3.29. The van der Waals surface area contributed by atoms with Gasteiger partial charge in [-0.2, -0.15) is 0 Å². The van der Waals surface area contributed by atoms with E-state index >= 15 is 0 Å². The second-order valence-electron chi connectivity index (χ2n) is 7.26. The van der Waals surface area contributed by atoms with Crippen LogP contribution in [0.2, 0.25) is 0 Å². The second-order valence-corrected chi connectivity index (χ2v) is 7.26. The maximum absolute atomic E-state index is 12.4. The van der Waals surface area contributed by atoms with Crippen molar-refractivity contribution in [3.8, 4) is 0 Å². The number of nitrogens with zero attached hydrogens (tertiary/aromatic N) is 1. The molecular formula is C22H28N2O. The minimum absolute atomic E-state index is 0.0564. The quantitative estimate of drug-likeness (QED) is 0.829. The van der Waals surface area contributed by atoms with Gasteiger partial charge in [0, 0.05) is 17.8 Å². The number of likely N-dealkylation sites (tertiary alicyclic amines) is 1. The smallest absolute Gasteiger partial charge is 0.255 e. The van der Waals surface area contributed by atoms with Crippen molar-refractivity contribution in [3.05, 3.63) is 65.2 Å². The van der Waals surface area contributed by atoms with E-state index in [0.717, 1.165) is 12.2 Å². The highest BCUT2D eigenvalue weighted by molar-refractivity contribution is 6.04. The summed E-state index contributed by atoms with van der Waals surface area (Å²) in [6.45, 7) is 7.71. The van der Waals surface area contributed by atoms with E-state index in [-0.39, 0.29) is 5.91 Å². The molecule has 3 heteroatoms. The van der Waals surface area contributed by atoms with E-state index in [1.807, 2.05) is 36.4 Å². The van der Waals surface area contributed by atoms with Crippen LogP contribution in [0.4, 0.5) is 5.69 Å². The first-order valence-electron chi connectivity index (χ1n) is 9.34. The average Bonchev–Trinajstić information content (AvgIpc) is 2.64. The molecule has 1 N–H and O–H groups in total. The molecule has 132 valence electrons. The molecule has 1 saturated heterocycles. The van der Waals surface area contributed by atoms with Gasteiger partial charge in [-0.15, -0.1) is 0 Å². The number of benzene rings is 2. The molecule has 2 aromatic carbocycles. The van der Waals surface area contributed by atoms with Gasteiger partial charge in [0.25, 0.3) is 5.91 Å². The van der Waals surface area contributed by atoms with Crippen LogP contribution in [-0.4, -0.2) is 23.9 Å². The van der Waals surface area contributed by atoms with E-state index in [9.17, 15) is 4.79 Å². The maximum atomic E-state index is 12.4. The Bertz CT molecular complexity index is 683. The molecule has 0 saturated carbocycles. The number of amides is 1. The molecule has 0 aromatic heterocycles. The SMILES string of the molecule is CC(C)c1ccc(C(=O)Nc2ccc(CN3CCCCC3)cc2)cc1. The van der Waals surface area contributed by atoms with Crippen LogP contribution in [0.1, 0.15) is 60.5 Å². The molecule has 0 atom stereocenters. The van der Waals surface area contributed by atoms with Crippen LogP contribution < -0.4 is 5.32 Å². The average molecular weight is 336 g/mol. The Morgan fingerprint density at radius 3 is 2.20 bits per heavy atom. The van der Waals surface area contributed by atoms with Crippen molar-refractivity contribution in [1.29, 1.82) is 0 Å². The minimum Gasteiger partial charge on any atom is -0.322 e. The molecule has 1 heterocycles. The first-order valence-corrected chi connectivity index (χ1v) is 9.34. The van der Waals surface area contributed by atoms with E-state index < -0.39 is 0 Å². The number of hydrogen-bond acceptors (Lipinski definition) is 2. The number of hydrogen-bond donors (Lipinski definition) is 1. The zero-order valence-electron chi connectivity index (χ0n) is 15.3. The predicted octanol–water partition coefficient (Wildman–Crippen LogP) is 5.05. The van der Waals surface area contributed by atoms with Gasteiger partial charge in [0.1, 0.15) is 0 Å². The number of carbonyl (C=O) groups is 1. The molecule has 1 aliphatic rings. The lowest BCUT2D eigenvalue weighted by Gasteiger charge is -2.26. The number of carbonyl (C=O) groups excluding carboxylic acids is 1. The standard InChI is InChI=1S/C22H28N2O/c1-17(2)19-8-10-20(11-9-19)22(25)23-21-12-6-18(7-13-21)16-24-14-4-3-5-15-24/h6-13,17H,3-5,14-16H2,1-2H3,(H,23,25). The van der Waals surface area contributed by atoms with Crippen molar-refractivity contribution in [2.75, 3.05) is 18.4 Å². The monoisotopic (exact) mass is 336 g/mol. The van der Waals surface area contributed by atoms with E-state index in [2.05, 4.69) is 36.2 Å². The molecule has 1 amide bonds. The van der Waals surface area contributed by atoms with Crippen molar-refractivity contribution in [2.24, 2.45) is 0 Å². The molecular weight excluding hydrogens is 308 g/mol. The largest absolute Gasteiger partial charge is 0.322 e. The summed E-state index contributed by atoms with van der Waals surface area (Å²) in [5, 5.41) is 2.99. The van der Waals surface area contributed by atoms with Gasteiger partial charge < -0.3 is 5.32 Å². The Hall–Kier alpha value is -2.13. The van der Waals surface area contributed by atoms with Crippen molar-refractivity contribution in [3.63, 3.8) is 0 Å². The predicted molar refractivity (Wildman–Crippen MR) is 104 cm³/mol. The topological polar surface area (TPSA) is 32.3 Å². The van der Waals surface area contributed by atoms with Crippen molar-refractivity contribution in [2.45, 2.75) is 45.6 Å². The zero-order valence-corrected chi connectivity index (χ0v) is 15.3. The van der Waals surface area contributed by atoms with Crippen molar-refractivity contribution >= 4 is 11.6 Å². The van der Waals surface area contributed by atoms with Gasteiger partial charge in [-0.05, 0) is 67.2 Å². The highest BCUT2D eigenvalue weighted by Gasteiger charge is 2.11. The molecule has 0 aliphatic carbocycles. The molecule has 2 aromatic rings. The highest BCUT2D eigenvalue weighted by Crippen LogP contribution is 2.17. The van der Waals surface area contributed by atoms with Gasteiger partial charge in [-0.25, -0.2) is 0 Å². The fourth-order valence-electron chi connectivity index (χ4n) is 3.29. The third-order valence-corrected chi connectivity index (χ3v) is 4.91. The third kappa shape index (κ3) is 4.93. The Morgan fingerprint density at radius 2 is 1.60 bits per heavy atom. The molecule has 0 bridgehead atoms. The van der Waals surface area contributed by atoms with E-state index in [0.29, 0.717) is 11.5 Å². The van der Waals surface area contributed by atoms with Gasteiger partial charge in [-0.1, -0.05) is 44.5 Å². The van der Waals surface area contributed by atoms with Crippen LogP contribution in [0.15, 0.2) is 48.5 Å². The Balaban J connectivity index is 1.57. The van der Waals surface area contributed by atoms with E-state index in [1.165, 1.54) is 43.5 Å². The van der Waals surface area contributed by atoms with Crippen LogP contribution in [-0.2, 0) is 6.54 Å². The third-order valence-electron chi connectivity index (χ3n) is 4.91. The van der Waals surface area contributed by atoms with Gasteiger partial charge in [0.2, 0.25) is 0 Å². The second kappa shape index (κ2) is 8.30. The molecule has 0 unspecified atom stereocenters. The van der Waals surface area contributed by atoms with Crippen molar-refractivity contribution in [1.82, 2.24) is 4.90 Å². The molecule has 0 spiro atoms. The van der Waals surface area contributed by atoms with E-state index in [1.54, 1.807) is 0 Å². The van der Waals surface area contributed by atoms with E-state index in [4.69, 9.17) is 0 Å². The molecule has 0 radical (unpaired) electrons. The van der Waals surface area contributed by atoms with Crippen LogP contribution in [0.3, 0.4) is 0 Å². The molecule has 3 nitrogen and oxygen atoms in total. The number of anilines is 1. The zero-order chi connectivity index (χ0) is 17.6. The summed E-state index contributed by atoms with van der Waals surface area (Å²) >= 11 is 0. The minimum atomic E-state index is -0.0564. The van der Waals surface area contributed by atoms with Gasteiger partial charge in [0.05, 0.1) is 0 Å². The summed E-state index contributed by atoms with van der Waals surface area (Å²) < 4.78 is 0. The summed E-state index contributed by atoms with van der Waals surface area (Å²) in [5.74, 6) is 0.420. The first-order chi connectivity index (χ1) is 12.1. The fraction of sp³-hybridized carbons (Fsp3) is 0.409. The number of nitrogens with one attached hydrogen (secondary N) is 1. The highest BCUT2D eigenvalue weighted by atomic mass is 16.1. The molecule has 1 fully saturated rings. The van der Waals surface area contributed by atoms with Gasteiger partial charge in [-0.3, -0.25) is 9.69 Å². The Kier molecular flexibility index (Phi) is 5.87. The molecule has 25 heavy (non-hydrogen) atoms. The molecule has 3 rings (SSSR count). The normalized spacial score (nSPS) is 15.3. The summed E-state index contributed by atoms with van der Waals surface area (Å²) in [5.41, 5.74) is 4.10. The maximum Gasteiger partial charge on any atom is 0.255 e. The summed E-state index contributed by atoms with van der Waals surface area (Å²) in [7, 11) is 0. The van der Waals surface area contributed by atoms with Gasteiger partial charge in [0.15, 0.2) is 0 Å². The summed E-state index contributed by atoms with van der Waals surface area (Å²) in [6, 6.07) is 16.1. The number of rotatable bonds is 5. The van der Waals surface area contributed by atoms with Crippen LogP contribution in [0.5, 0.6) is 0 Å². The van der Waals surface area contributed by atoms with Gasteiger partial charge >= 0.3 is 0 Å². The van der Waals surface area contributed by atoms with Crippen LogP contribution in [0, 0.1) is 0 Å². The number of piperidine rings is 1. The lowest BCUT2D eigenvalue weighted by Crippen LogP contribution is -2.29. The lowest BCUT2D eigenvalue weighted by atomic mass is 10.0. The molecule has 1 aliphatic heterocycles. The summed E-state index contributed by atoms with van der Waals surface area (Å²) in [4.78, 5) is 14.9. The lowest BCUT2D eigenvalue weighted by molar-refractivity contribution is 0.102.